The van der Waals surface area contributed by atoms with Crippen molar-refractivity contribution in [2.75, 3.05) is 6.61 Å². The molecule has 1 aromatic heterocycles. The average Bonchev–Trinajstić information content (AvgIpc) is 2.74. The van der Waals surface area contributed by atoms with Crippen LogP contribution in [0.4, 0.5) is 0 Å². The first-order chi connectivity index (χ1) is 8.60. The van der Waals surface area contributed by atoms with E-state index in [1.807, 2.05) is 13.0 Å². The standard InChI is InChI=1S/C12H16N2O4/c1-2-5-12(8-15)6-3-10(18-12)14-7-4-9(16)13-11(14)17/h2,4-5,7,10,15H,3,6,8H2,1H3,(H,13,16,17)/b5-2+/t10?,12-/m0/s1. The number of aromatic amines is 1. The molecule has 6 nitrogen and oxygen atoms in total. The maximum absolute atomic E-state index is 11.6. The van der Waals surface area contributed by atoms with Crippen LogP contribution >= 0.6 is 0 Å². The van der Waals surface area contributed by atoms with E-state index in [0.717, 1.165) is 0 Å². The SMILES string of the molecule is C/C=C/[C@@]1(CO)CCC(n2ccc(=O)[nH]c2=O)O1. The molecule has 1 aliphatic rings. The molecule has 98 valence electrons. The third-order valence-electron chi connectivity index (χ3n) is 3.08. The van der Waals surface area contributed by atoms with Crippen LogP contribution in [0.5, 0.6) is 0 Å². The van der Waals surface area contributed by atoms with Crippen LogP contribution in [-0.2, 0) is 4.74 Å². The van der Waals surface area contributed by atoms with Gasteiger partial charge in [0, 0.05) is 12.3 Å². The smallest absolute Gasteiger partial charge is 0.330 e. The maximum Gasteiger partial charge on any atom is 0.330 e. The molecular weight excluding hydrogens is 236 g/mol. The Morgan fingerprint density at radius 3 is 3.06 bits per heavy atom. The predicted octanol–water partition coefficient (Wildman–Crippen LogP) is 0.153. The van der Waals surface area contributed by atoms with Gasteiger partial charge in [-0.2, -0.15) is 0 Å². The van der Waals surface area contributed by atoms with E-state index in [9.17, 15) is 14.7 Å². The highest BCUT2D eigenvalue weighted by molar-refractivity contribution is 5.04. The zero-order valence-electron chi connectivity index (χ0n) is 10.1. The van der Waals surface area contributed by atoms with E-state index in [1.54, 1.807) is 6.08 Å². The van der Waals surface area contributed by atoms with Gasteiger partial charge in [0.15, 0.2) is 0 Å². The Kier molecular flexibility index (Phi) is 3.49. The Morgan fingerprint density at radius 2 is 2.44 bits per heavy atom. The third kappa shape index (κ3) is 2.30. The molecule has 0 bridgehead atoms. The molecule has 2 rings (SSSR count). The first kappa shape index (κ1) is 12.8. The van der Waals surface area contributed by atoms with Crippen LogP contribution in [0.1, 0.15) is 26.0 Å². The van der Waals surface area contributed by atoms with Crippen LogP contribution in [-0.4, -0.2) is 26.9 Å². The summed E-state index contributed by atoms with van der Waals surface area (Å²) in [5, 5.41) is 9.40. The summed E-state index contributed by atoms with van der Waals surface area (Å²) in [6.07, 6.45) is 5.80. The molecule has 2 N–H and O–H groups in total. The Hall–Kier alpha value is -1.66. The van der Waals surface area contributed by atoms with Crippen molar-refractivity contribution < 1.29 is 9.84 Å². The summed E-state index contributed by atoms with van der Waals surface area (Å²) in [4.78, 5) is 24.8. The van der Waals surface area contributed by atoms with Crippen LogP contribution in [0.2, 0.25) is 0 Å². The fourth-order valence-corrected chi connectivity index (χ4v) is 2.20. The predicted molar refractivity (Wildman–Crippen MR) is 65.3 cm³/mol. The summed E-state index contributed by atoms with van der Waals surface area (Å²) >= 11 is 0. The molecule has 1 unspecified atom stereocenters. The zero-order valence-corrected chi connectivity index (χ0v) is 10.1. The lowest BCUT2D eigenvalue weighted by atomic mass is 10.0. The van der Waals surface area contributed by atoms with Gasteiger partial charge in [-0.1, -0.05) is 12.2 Å². The highest BCUT2D eigenvalue weighted by atomic mass is 16.5. The second-order valence-corrected chi connectivity index (χ2v) is 4.35. The molecule has 1 aromatic rings. The fraction of sp³-hybridized carbons (Fsp3) is 0.500. The number of nitrogens with zero attached hydrogens (tertiary/aromatic N) is 1. The van der Waals surface area contributed by atoms with Gasteiger partial charge in [-0.05, 0) is 19.8 Å². The van der Waals surface area contributed by atoms with Crippen molar-refractivity contribution in [3.8, 4) is 0 Å². The number of ether oxygens (including phenoxy) is 1. The molecule has 18 heavy (non-hydrogen) atoms. The molecule has 0 spiro atoms. The molecule has 0 aliphatic carbocycles. The lowest BCUT2D eigenvalue weighted by Gasteiger charge is -2.23. The van der Waals surface area contributed by atoms with Gasteiger partial charge in [0.1, 0.15) is 11.8 Å². The monoisotopic (exact) mass is 252 g/mol. The topological polar surface area (TPSA) is 84.3 Å². The number of H-pyrrole nitrogens is 1. The summed E-state index contributed by atoms with van der Waals surface area (Å²) < 4.78 is 7.09. The zero-order chi connectivity index (χ0) is 13.2. The molecule has 0 amide bonds. The number of hydrogen-bond acceptors (Lipinski definition) is 4. The maximum atomic E-state index is 11.6. The normalized spacial score (nSPS) is 28.0. The Labute approximate surface area is 104 Å². The molecular formula is C12H16N2O4. The highest BCUT2D eigenvalue weighted by Gasteiger charge is 2.38. The number of nitrogens with one attached hydrogen (secondary N) is 1. The molecule has 2 atom stereocenters. The second kappa shape index (κ2) is 4.91. The minimum absolute atomic E-state index is 0.133. The van der Waals surface area contributed by atoms with E-state index < -0.39 is 23.1 Å². The molecule has 0 aromatic carbocycles. The van der Waals surface area contributed by atoms with E-state index in [4.69, 9.17) is 4.74 Å². The summed E-state index contributed by atoms with van der Waals surface area (Å²) in [6, 6.07) is 1.28. The van der Waals surface area contributed by atoms with Crippen molar-refractivity contribution in [1.82, 2.24) is 9.55 Å². The number of allylic oxidation sites excluding steroid dienone is 1. The van der Waals surface area contributed by atoms with Gasteiger partial charge in [0.2, 0.25) is 0 Å². The van der Waals surface area contributed by atoms with Crippen LogP contribution in [0.15, 0.2) is 34.0 Å². The molecule has 0 radical (unpaired) electrons. The number of aromatic nitrogens is 2. The van der Waals surface area contributed by atoms with Crippen molar-refractivity contribution in [1.29, 1.82) is 0 Å². The van der Waals surface area contributed by atoms with Crippen molar-refractivity contribution in [2.45, 2.75) is 31.6 Å². The number of aliphatic hydroxyl groups excluding tert-OH is 1. The molecule has 0 saturated carbocycles. The molecule has 1 saturated heterocycles. The van der Waals surface area contributed by atoms with Gasteiger partial charge < -0.3 is 9.84 Å². The first-order valence-electron chi connectivity index (χ1n) is 5.84. The quantitative estimate of drug-likeness (QED) is 0.750. The van der Waals surface area contributed by atoms with Gasteiger partial charge in [-0.25, -0.2) is 4.79 Å². The van der Waals surface area contributed by atoms with Gasteiger partial charge in [0.25, 0.3) is 5.56 Å². The van der Waals surface area contributed by atoms with Gasteiger partial charge in [-0.15, -0.1) is 0 Å². The van der Waals surface area contributed by atoms with Gasteiger partial charge >= 0.3 is 5.69 Å². The fourth-order valence-electron chi connectivity index (χ4n) is 2.20. The lowest BCUT2D eigenvalue weighted by molar-refractivity contribution is -0.0707. The van der Waals surface area contributed by atoms with E-state index in [0.29, 0.717) is 12.8 Å². The molecule has 6 heteroatoms. The lowest BCUT2D eigenvalue weighted by Crippen LogP contribution is -2.34. The van der Waals surface area contributed by atoms with Crippen LogP contribution < -0.4 is 11.2 Å². The van der Waals surface area contributed by atoms with Crippen LogP contribution in [0, 0.1) is 0 Å². The third-order valence-corrected chi connectivity index (χ3v) is 3.08. The van der Waals surface area contributed by atoms with Crippen LogP contribution in [0.3, 0.4) is 0 Å². The van der Waals surface area contributed by atoms with E-state index in [-0.39, 0.29) is 6.61 Å². The van der Waals surface area contributed by atoms with Crippen molar-refractivity contribution >= 4 is 0 Å². The van der Waals surface area contributed by atoms with Crippen molar-refractivity contribution in [2.24, 2.45) is 0 Å². The highest BCUT2D eigenvalue weighted by Crippen LogP contribution is 2.36. The number of rotatable bonds is 3. The number of aliphatic hydroxyl groups is 1. The van der Waals surface area contributed by atoms with Gasteiger partial charge in [-0.3, -0.25) is 14.3 Å². The Bertz CT molecular complexity index is 560. The summed E-state index contributed by atoms with van der Waals surface area (Å²) in [5.74, 6) is 0. The summed E-state index contributed by atoms with van der Waals surface area (Å²) in [6.45, 7) is 1.71. The molecule has 2 heterocycles. The first-order valence-corrected chi connectivity index (χ1v) is 5.84. The Morgan fingerprint density at radius 1 is 1.67 bits per heavy atom. The average molecular weight is 252 g/mol. The van der Waals surface area contributed by atoms with E-state index in [1.165, 1.54) is 16.8 Å². The van der Waals surface area contributed by atoms with Gasteiger partial charge in [0.05, 0.1) is 6.61 Å². The summed E-state index contributed by atoms with van der Waals surface area (Å²) in [5.41, 5.74) is -1.66. The minimum atomic E-state index is -0.727. The molecule has 1 aliphatic heterocycles. The van der Waals surface area contributed by atoms with Crippen molar-refractivity contribution in [3.63, 3.8) is 0 Å². The molecule has 1 fully saturated rings. The number of hydrogen-bond donors (Lipinski definition) is 2. The van der Waals surface area contributed by atoms with E-state index >= 15 is 0 Å². The second-order valence-electron chi connectivity index (χ2n) is 4.35. The van der Waals surface area contributed by atoms with Crippen molar-refractivity contribution in [3.05, 3.63) is 45.3 Å². The summed E-state index contributed by atoms with van der Waals surface area (Å²) in [7, 11) is 0. The van der Waals surface area contributed by atoms with Crippen LogP contribution in [0.25, 0.3) is 0 Å². The largest absolute Gasteiger partial charge is 0.393 e. The van der Waals surface area contributed by atoms with E-state index in [2.05, 4.69) is 4.98 Å². The Balaban J connectivity index is 2.28. The minimum Gasteiger partial charge on any atom is -0.393 e.